The molecule has 0 aromatic carbocycles. The van der Waals surface area contributed by atoms with Crippen molar-refractivity contribution in [2.24, 2.45) is 40.9 Å². The summed E-state index contributed by atoms with van der Waals surface area (Å²) in [5.74, 6) is 4.31. The zero-order valence-electron chi connectivity index (χ0n) is 21.1. The summed E-state index contributed by atoms with van der Waals surface area (Å²) in [6.45, 7) is 16.5. The van der Waals surface area contributed by atoms with E-state index in [1.54, 1.807) is 0 Å². The van der Waals surface area contributed by atoms with E-state index < -0.39 is 5.60 Å². The van der Waals surface area contributed by atoms with Crippen molar-refractivity contribution in [1.82, 2.24) is 0 Å². The summed E-state index contributed by atoms with van der Waals surface area (Å²) in [6, 6.07) is 0. The lowest BCUT2D eigenvalue weighted by molar-refractivity contribution is -0.160. The van der Waals surface area contributed by atoms with Crippen LogP contribution in [0.15, 0.2) is 12.3 Å². The van der Waals surface area contributed by atoms with E-state index in [2.05, 4.69) is 20.4 Å². The second-order valence-corrected chi connectivity index (χ2v) is 10.7. The molecule has 30 heavy (non-hydrogen) atoms. The van der Waals surface area contributed by atoms with E-state index in [-0.39, 0.29) is 0 Å². The summed E-state index contributed by atoms with van der Waals surface area (Å²) < 4.78 is 0. The lowest BCUT2D eigenvalue weighted by Crippen LogP contribution is -2.56. The maximum atomic E-state index is 11.8. The van der Waals surface area contributed by atoms with Crippen LogP contribution < -0.4 is 0 Å². The molecule has 0 heterocycles. The molecule has 0 saturated heterocycles. The average Bonchev–Trinajstić information content (AvgIpc) is 3.11. The fourth-order valence-electron chi connectivity index (χ4n) is 8.35. The van der Waals surface area contributed by atoms with Gasteiger partial charge in [-0.15, -0.1) is 0 Å². The van der Waals surface area contributed by atoms with Gasteiger partial charge < -0.3 is 10.2 Å². The van der Waals surface area contributed by atoms with Crippen LogP contribution in [-0.2, 0) is 0 Å². The summed E-state index contributed by atoms with van der Waals surface area (Å²) in [5.41, 5.74) is 0.121. The third-order valence-corrected chi connectivity index (χ3v) is 9.68. The molecule has 4 rings (SSSR count). The second kappa shape index (κ2) is 10.9. The van der Waals surface area contributed by atoms with Crippen molar-refractivity contribution >= 4 is 0 Å². The third-order valence-electron chi connectivity index (χ3n) is 9.68. The highest BCUT2D eigenvalue weighted by Gasteiger charge is 2.61. The SMILES string of the molecule is C=C(O)CCC(C)C1CCC2C3CCC4CCCCC4(C)C3CCC12O.CC.CC. The smallest absolute Gasteiger partial charge is 0.0851 e. The molecular weight excluding hydrogens is 368 g/mol. The monoisotopic (exact) mass is 420 g/mol. The molecule has 4 saturated carbocycles. The summed E-state index contributed by atoms with van der Waals surface area (Å²) in [5, 5.41) is 21.3. The van der Waals surface area contributed by atoms with Crippen molar-refractivity contribution in [1.29, 1.82) is 0 Å². The topological polar surface area (TPSA) is 40.5 Å². The normalized spacial score (nSPS) is 42.8. The van der Waals surface area contributed by atoms with Crippen molar-refractivity contribution in [2.45, 2.75) is 124 Å². The van der Waals surface area contributed by atoms with Crippen LogP contribution in [0.5, 0.6) is 0 Å². The fraction of sp³-hybridized carbons (Fsp3) is 0.929. The Morgan fingerprint density at radius 2 is 1.63 bits per heavy atom. The Labute approximate surface area is 187 Å². The largest absolute Gasteiger partial charge is 0.513 e. The first-order chi connectivity index (χ1) is 14.4. The van der Waals surface area contributed by atoms with E-state index in [9.17, 15) is 10.2 Å². The molecule has 4 aliphatic rings. The molecule has 0 aromatic heterocycles. The summed E-state index contributed by atoms with van der Waals surface area (Å²) in [4.78, 5) is 0. The van der Waals surface area contributed by atoms with Gasteiger partial charge in [0.25, 0.3) is 0 Å². The maximum absolute atomic E-state index is 11.8. The Morgan fingerprint density at radius 1 is 0.933 bits per heavy atom. The zero-order valence-corrected chi connectivity index (χ0v) is 21.1. The van der Waals surface area contributed by atoms with Crippen LogP contribution in [0.2, 0.25) is 0 Å². The molecule has 0 aliphatic heterocycles. The lowest BCUT2D eigenvalue weighted by atomic mass is 9.46. The van der Waals surface area contributed by atoms with Gasteiger partial charge in [-0.3, -0.25) is 0 Å². The molecule has 4 aliphatic carbocycles. The van der Waals surface area contributed by atoms with E-state index >= 15 is 0 Å². The molecule has 2 nitrogen and oxygen atoms in total. The maximum Gasteiger partial charge on any atom is 0.0851 e. The molecule has 2 heteroatoms. The van der Waals surface area contributed by atoms with Gasteiger partial charge in [-0.1, -0.05) is 61.0 Å². The van der Waals surface area contributed by atoms with Gasteiger partial charge in [-0.2, -0.15) is 0 Å². The van der Waals surface area contributed by atoms with Crippen LogP contribution in [0, 0.1) is 40.9 Å². The van der Waals surface area contributed by atoms with Gasteiger partial charge in [0.15, 0.2) is 0 Å². The number of aliphatic hydroxyl groups excluding tert-OH is 1. The third kappa shape index (κ3) is 4.64. The van der Waals surface area contributed by atoms with E-state index in [0.29, 0.717) is 35.3 Å². The van der Waals surface area contributed by atoms with Gasteiger partial charge in [0.05, 0.1) is 11.4 Å². The molecule has 0 bridgehead atoms. The minimum Gasteiger partial charge on any atom is -0.513 e. The van der Waals surface area contributed by atoms with Crippen molar-refractivity contribution in [2.75, 3.05) is 0 Å². The molecule has 8 atom stereocenters. The van der Waals surface area contributed by atoms with Crippen LogP contribution in [0.4, 0.5) is 0 Å². The Morgan fingerprint density at radius 3 is 2.30 bits per heavy atom. The van der Waals surface area contributed by atoms with Crippen LogP contribution in [0.25, 0.3) is 0 Å². The molecule has 0 amide bonds. The van der Waals surface area contributed by atoms with E-state index in [1.165, 1.54) is 57.8 Å². The lowest BCUT2D eigenvalue weighted by Gasteiger charge is -2.60. The number of hydrogen-bond donors (Lipinski definition) is 2. The molecule has 8 unspecified atom stereocenters. The molecular formula is C28H52O2. The van der Waals surface area contributed by atoms with Gasteiger partial charge in [-0.05, 0) is 98.7 Å². The minimum absolute atomic E-state index is 0.297. The summed E-state index contributed by atoms with van der Waals surface area (Å²) in [7, 11) is 0. The molecule has 4 fully saturated rings. The Balaban J connectivity index is 0.000000757. The fourth-order valence-corrected chi connectivity index (χ4v) is 8.35. The number of allylic oxidation sites excluding steroid dienone is 1. The summed E-state index contributed by atoms with van der Waals surface area (Å²) >= 11 is 0. The number of aliphatic hydroxyl groups is 2. The molecule has 0 spiro atoms. The average molecular weight is 421 g/mol. The number of hydrogen-bond acceptors (Lipinski definition) is 2. The Kier molecular flexibility index (Phi) is 9.35. The molecule has 2 N–H and O–H groups in total. The predicted molar refractivity (Wildman–Crippen MR) is 130 cm³/mol. The number of fused-ring (bicyclic) bond motifs is 5. The van der Waals surface area contributed by atoms with Crippen LogP contribution in [0.3, 0.4) is 0 Å². The van der Waals surface area contributed by atoms with Gasteiger partial charge in [0.1, 0.15) is 0 Å². The van der Waals surface area contributed by atoms with Crippen molar-refractivity contribution in [3.63, 3.8) is 0 Å². The first-order valence-corrected chi connectivity index (χ1v) is 13.5. The van der Waals surface area contributed by atoms with E-state index in [4.69, 9.17) is 0 Å². The van der Waals surface area contributed by atoms with Crippen LogP contribution >= 0.6 is 0 Å². The first kappa shape index (κ1) is 25.8. The summed E-state index contributed by atoms with van der Waals surface area (Å²) in [6.07, 6.45) is 14.9. The van der Waals surface area contributed by atoms with Crippen molar-refractivity contribution in [3.8, 4) is 0 Å². The molecule has 176 valence electrons. The molecule has 0 aromatic rings. The quantitative estimate of drug-likeness (QED) is 0.449. The standard InChI is InChI=1S/C24H40O2.2C2H6/c1-16(7-8-17(2)25)20-11-12-22-19-10-9-18-6-4-5-14-23(18,3)21(19)13-15-24(20,22)26;2*1-2/h16,18-22,25-26H,2,4-15H2,1,3H3;2*1-2H3. The number of rotatable bonds is 4. The van der Waals surface area contributed by atoms with Gasteiger partial charge >= 0.3 is 0 Å². The zero-order chi connectivity index (χ0) is 22.5. The second-order valence-electron chi connectivity index (χ2n) is 10.7. The van der Waals surface area contributed by atoms with E-state index in [1.807, 2.05) is 27.7 Å². The van der Waals surface area contributed by atoms with E-state index in [0.717, 1.165) is 30.6 Å². The predicted octanol–water partition coefficient (Wildman–Crippen LogP) is 8.30. The Hall–Kier alpha value is -0.500. The highest BCUT2D eigenvalue weighted by atomic mass is 16.3. The van der Waals surface area contributed by atoms with Crippen molar-refractivity contribution < 1.29 is 10.2 Å². The highest BCUT2D eigenvalue weighted by Crippen LogP contribution is 2.65. The first-order valence-electron chi connectivity index (χ1n) is 13.5. The van der Waals surface area contributed by atoms with Crippen molar-refractivity contribution in [3.05, 3.63) is 12.3 Å². The van der Waals surface area contributed by atoms with Gasteiger partial charge in [0, 0.05) is 6.42 Å². The highest BCUT2D eigenvalue weighted by molar-refractivity contribution is 5.11. The van der Waals surface area contributed by atoms with Gasteiger partial charge in [-0.25, -0.2) is 0 Å². The molecule has 0 radical (unpaired) electrons. The minimum atomic E-state index is -0.435. The Bertz CT molecular complexity index is 543. The van der Waals surface area contributed by atoms with Crippen LogP contribution in [0.1, 0.15) is 119 Å². The van der Waals surface area contributed by atoms with Crippen LogP contribution in [-0.4, -0.2) is 15.8 Å². The van der Waals surface area contributed by atoms with Gasteiger partial charge in [0.2, 0.25) is 0 Å².